The van der Waals surface area contributed by atoms with Crippen LogP contribution in [0, 0.1) is 12.8 Å². The van der Waals surface area contributed by atoms with Gasteiger partial charge in [-0.2, -0.15) is 18.2 Å². The van der Waals surface area contributed by atoms with E-state index in [4.69, 9.17) is 14.8 Å². The molecule has 202 valence electrons. The Bertz CT molecular complexity index is 1480. The number of piperidine rings is 1. The molecule has 10 nitrogen and oxygen atoms in total. The minimum absolute atomic E-state index is 0.190. The Balaban J connectivity index is 1.30. The molecule has 4 aromatic rings. The summed E-state index contributed by atoms with van der Waals surface area (Å²) in [5.74, 6) is 1.80. The Morgan fingerprint density at radius 3 is 2.63 bits per heavy atom. The number of pyridine rings is 1. The van der Waals surface area contributed by atoms with E-state index in [-0.39, 0.29) is 17.5 Å². The number of nitrogens with one attached hydrogen (secondary N) is 2. The molecule has 2 atom stereocenters. The van der Waals surface area contributed by atoms with Crippen LogP contribution in [0.3, 0.4) is 0 Å². The van der Waals surface area contributed by atoms with Crippen LogP contribution in [0.1, 0.15) is 19.2 Å². The minimum Gasteiger partial charge on any atom is -0.378 e. The van der Waals surface area contributed by atoms with E-state index in [1.165, 1.54) is 0 Å². The predicted octanol–water partition coefficient (Wildman–Crippen LogP) is 3.57. The SMILES string of the molecule is CNc1nc(N[C@H]2CCN(C3COC3)C[C@H]2C)nn2ccc(-c3ccc4nc(C)n(CC(F)(F)F)c4n3)c12. The van der Waals surface area contributed by atoms with Crippen LogP contribution in [0.4, 0.5) is 24.9 Å². The molecule has 0 unspecified atom stereocenters. The van der Waals surface area contributed by atoms with Crippen LogP contribution < -0.4 is 10.6 Å². The molecule has 2 fully saturated rings. The molecule has 0 radical (unpaired) electrons. The molecule has 38 heavy (non-hydrogen) atoms. The summed E-state index contributed by atoms with van der Waals surface area (Å²) < 4.78 is 47.8. The van der Waals surface area contributed by atoms with Crippen molar-refractivity contribution in [3.63, 3.8) is 0 Å². The molecule has 0 bridgehead atoms. The van der Waals surface area contributed by atoms with Crippen molar-refractivity contribution < 1.29 is 17.9 Å². The smallest absolute Gasteiger partial charge is 0.378 e. The van der Waals surface area contributed by atoms with Gasteiger partial charge in [0.15, 0.2) is 11.5 Å². The number of rotatable bonds is 6. The van der Waals surface area contributed by atoms with Crippen LogP contribution in [-0.4, -0.2) is 85.6 Å². The first-order valence-electron chi connectivity index (χ1n) is 12.8. The monoisotopic (exact) mass is 529 g/mol. The fraction of sp³-hybridized carbons (Fsp3) is 0.520. The number of nitrogens with zero attached hydrogens (tertiary/aromatic N) is 7. The maximum atomic E-state index is 13.2. The van der Waals surface area contributed by atoms with Gasteiger partial charge in [-0.1, -0.05) is 6.92 Å². The van der Waals surface area contributed by atoms with Crippen molar-refractivity contribution in [2.75, 3.05) is 44.0 Å². The van der Waals surface area contributed by atoms with E-state index >= 15 is 0 Å². The number of halogens is 3. The van der Waals surface area contributed by atoms with E-state index in [1.54, 1.807) is 30.6 Å². The molecular formula is C25H30F3N9O. The number of aryl methyl sites for hydroxylation is 1. The summed E-state index contributed by atoms with van der Waals surface area (Å²) in [7, 11) is 1.78. The number of likely N-dealkylation sites (tertiary alicyclic amines) is 1. The van der Waals surface area contributed by atoms with Gasteiger partial charge in [-0.25, -0.2) is 14.5 Å². The summed E-state index contributed by atoms with van der Waals surface area (Å²) in [6.45, 7) is 6.28. The van der Waals surface area contributed by atoms with Gasteiger partial charge < -0.3 is 19.9 Å². The van der Waals surface area contributed by atoms with E-state index in [0.717, 1.165) is 37.3 Å². The van der Waals surface area contributed by atoms with Gasteiger partial charge in [-0.3, -0.25) is 4.90 Å². The molecule has 0 aliphatic carbocycles. The summed E-state index contributed by atoms with van der Waals surface area (Å²) in [6, 6.07) is 6.08. The standard InChI is InChI=1S/C25H30F3N9O/c1-14-10-35(16-11-38-12-16)8-7-18(14)32-24-33-22(29-3)21-17(6-9-37(21)34-24)19-4-5-20-23(31-19)36(15(2)30-20)13-25(26,27)28/h4-6,9,14,16,18H,7-8,10-13H2,1-3H3,(H2,29,32,33,34)/t14-,18+/m1/s1. The van der Waals surface area contributed by atoms with Gasteiger partial charge >= 0.3 is 6.18 Å². The third kappa shape index (κ3) is 4.53. The largest absolute Gasteiger partial charge is 0.406 e. The number of alkyl halides is 3. The molecule has 0 saturated carbocycles. The Labute approximate surface area is 217 Å². The van der Waals surface area contributed by atoms with E-state index in [1.807, 2.05) is 12.3 Å². The first kappa shape index (κ1) is 24.9. The maximum Gasteiger partial charge on any atom is 0.406 e. The molecule has 0 spiro atoms. The number of fused-ring (bicyclic) bond motifs is 2. The van der Waals surface area contributed by atoms with Crippen molar-refractivity contribution in [1.29, 1.82) is 0 Å². The van der Waals surface area contributed by atoms with Crippen LogP contribution in [-0.2, 0) is 11.3 Å². The van der Waals surface area contributed by atoms with Crippen molar-refractivity contribution in [1.82, 2.24) is 34.0 Å². The van der Waals surface area contributed by atoms with Gasteiger partial charge in [-0.05, 0) is 37.5 Å². The van der Waals surface area contributed by atoms with Crippen molar-refractivity contribution in [3.05, 3.63) is 30.2 Å². The van der Waals surface area contributed by atoms with Crippen molar-refractivity contribution >= 4 is 28.4 Å². The van der Waals surface area contributed by atoms with E-state index < -0.39 is 12.7 Å². The van der Waals surface area contributed by atoms with E-state index in [2.05, 4.69) is 32.4 Å². The maximum absolute atomic E-state index is 13.2. The quantitative estimate of drug-likeness (QED) is 0.391. The number of hydrogen-bond donors (Lipinski definition) is 2. The molecule has 13 heteroatoms. The van der Waals surface area contributed by atoms with Crippen molar-refractivity contribution in [2.45, 2.75) is 45.1 Å². The second kappa shape index (κ2) is 9.38. The van der Waals surface area contributed by atoms with Gasteiger partial charge in [-0.15, -0.1) is 5.10 Å². The molecule has 2 saturated heterocycles. The van der Waals surface area contributed by atoms with Gasteiger partial charge in [0.1, 0.15) is 23.4 Å². The summed E-state index contributed by atoms with van der Waals surface area (Å²) in [4.78, 5) is 16.1. The van der Waals surface area contributed by atoms with Crippen LogP contribution in [0.5, 0.6) is 0 Å². The fourth-order valence-electron chi connectivity index (χ4n) is 5.42. The highest BCUT2D eigenvalue weighted by Crippen LogP contribution is 2.32. The third-order valence-corrected chi connectivity index (χ3v) is 7.53. The normalized spacial score (nSPS) is 21.2. The highest BCUT2D eigenvalue weighted by atomic mass is 19.4. The lowest BCUT2D eigenvalue weighted by atomic mass is 9.92. The molecule has 2 N–H and O–H groups in total. The Hall–Kier alpha value is -3.45. The van der Waals surface area contributed by atoms with Crippen molar-refractivity contribution in [2.24, 2.45) is 5.92 Å². The molecule has 2 aliphatic heterocycles. The third-order valence-electron chi connectivity index (χ3n) is 7.53. The van der Waals surface area contributed by atoms with Crippen LogP contribution >= 0.6 is 0 Å². The average Bonchev–Trinajstić information content (AvgIpc) is 3.39. The Morgan fingerprint density at radius 1 is 1.13 bits per heavy atom. The van der Waals surface area contributed by atoms with Gasteiger partial charge in [0, 0.05) is 37.9 Å². The zero-order valence-corrected chi connectivity index (χ0v) is 21.5. The van der Waals surface area contributed by atoms with Crippen LogP contribution in [0.25, 0.3) is 27.9 Å². The minimum atomic E-state index is -4.38. The molecule has 0 aromatic carbocycles. The molecule has 2 aliphatic rings. The molecule has 4 aromatic heterocycles. The van der Waals surface area contributed by atoms with E-state index in [9.17, 15) is 13.2 Å². The molecule has 0 amide bonds. The molecular weight excluding hydrogens is 499 g/mol. The second-order valence-corrected chi connectivity index (χ2v) is 10.2. The molecule has 6 heterocycles. The number of ether oxygens (including phenoxy) is 1. The van der Waals surface area contributed by atoms with Gasteiger partial charge in [0.25, 0.3) is 0 Å². The highest BCUT2D eigenvalue weighted by Gasteiger charge is 2.34. The van der Waals surface area contributed by atoms with E-state index in [0.29, 0.717) is 46.0 Å². The predicted molar refractivity (Wildman–Crippen MR) is 137 cm³/mol. The second-order valence-electron chi connectivity index (χ2n) is 10.2. The highest BCUT2D eigenvalue weighted by molar-refractivity contribution is 5.89. The Morgan fingerprint density at radius 2 is 1.95 bits per heavy atom. The molecule has 6 rings (SSSR count). The summed E-state index contributed by atoms with van der Waals surface area (Å²) in [5.41, 5.74) is 2.53. The zero-order chi connectivity index (χ0) is 26.6. The van der Waals surface area contributed by atoms with Crippen LogP contribution in [0.15, 0.2) is 24.4 Å². The van der Waals surface area contributed by atoms with Gasteiger partial charge in [0.05, 0.1) is 24.9 Å². The van der Waals surface area contributed by atoms with Crippen molar-refractivity contribution in [3.8, 4) is 11.3 Å². The topological polar surface area (TPSA) is 97.4 Å². The first-order valence-corrected chi connectivity index (χ1v) is 12.8. The summed E-state index contributed by atoms with van der Waals surface area (Å²) in [5, 5.41) is 11.4. The lowest BCUT2D eigenvalue weighted by Gasteiger charge is -2.44. The lowest BCUT2D eigenvalue weighted by Crippen LogP contribution is -2.55. The Kier molecular flexibility index (Phi) is 6.14. The number of aromatic nitrogens is 6. The summed E-state index contributed by atoms with van der Waals surface area (Å²) in [6.07, 6.45) is -1.58. The van der Waals surface area contributed by atoms with Gasteiger partial charge in [0.2, 0.25) is 5.95 Å². The first-order chi connectivity index (χ1) is 18.2. The average molecular weight is 530 g/mol. The fourth-order valence-corrected chi connectivity index (χ4v) is 5.42. The number of imidazole rings is 1. The van der Waals surface area contributed by atoms with Crippen LogP contribution in [0.2, 0.25) is 0 Å². The summed E-state index contributed by atoms with van der Waals surface area (Å²) >= 11 is 0. The zero-order valence-electron chi connectivity index (χ0n) is 21.5. The number of hydrogen-bond acceptors (Lipinski definition) is 8. The lowest BCUT2D eigenvalue weighted by molar-refractivity contribution is -0.140. The number of anilines is 2.